The van der Waals surface area contributed by atoms with Crippen molar-refractivity contribution in [2.75, 3.05) is 18.2 Å². The van der Waals surface area contributed by atoms with Crippen LogP contribution in [-0.4, -0.2) is 30.1 Å². The Morgan fingerprint density at radius 3 is 2.95 bits per heavy atom. The smallest absolute Gasteiger partial charge is 0.338 e. The second-order valence-corrected chi connectivity index (χ2v) is 6.42. The van der Waals surface area contributed by atoms with Gasteiger partial charge in [0.1, 0.15) is 0 Å². The van der Waals surface area contributed by atoms with Crippen molar-refractivity contribution in [2.24, 2.45) is 0 Å². The summed E-state index contributed by atoms with van der Waals surface area (Å²) in [4.78, 5) is 11.7. The normalized spacial score (nSPS) is 22.9. The van der Waals surface area contributed by atoms with Gasteiger partial charge in [-0.3, -0.25) is 0 Å². The number of hydrogen-bond acceptors (Lipinski definition) is 4. The van der Waals surface area contributed by atoms with Gasteiger partial charge >= 0.3 is 5.97 Å². The molecule has 0 bridgehead atoms. The van der Waals surface area contributed by atoms with Crippen molar-refractivity contribution < 1.29 is 9.53 Å². The highest BCUT2D eigenvalue weighted by Gasteiger charge is 2.22. The minimum absolute atomic E-state index is 0.271. The maximum Gasteiger partial charge on any atom is 0.338 e. The molecule has 3 nitrogen and oxygen atoms in total. The largest absolute Gasteiger partial charge is 0.465 e. The van der Waals surface area contributed by atoms with Gasteiger partial charge in [-0.1, -0.05) is 13.0 Å². The zero-order chi connectivity index (χ0) is 13.8. The molecule has 1 aliphatic rings. The standard InChI is InChI=1S/C15H21NO2S/c1-10-12(15(17)18-3)6-4-7-13(10)16-14-8-5-9-19-11(14)2/h4,6-7,11,14,16H,5,8-9H2,1-3H3. The number of rotatable bonds is 3. The van der Waals surface area contributed by atoms with E-state index >= 15 is 0 Å². The first-order valence-corrected chi connectivity index (χ1v) is 7.74. The second kappa shape index (κ2) is 6.33. The molecular formula is C15H21NO2S. The van der Waals surface area contributed by atoms with Crippen LogP contribution in [0.1, 0.15) is 35.7 Å². The highest BCUT2D eigenvalue weighted by Crippen LogP contribution is 2.29. The van der Waals surface area contributed by atoms with Crippen molar-refractivity contribution in [1.82, 2.24) is 0 Å². The van der Waals surface area contributed by atoms with Gasteiger partial charge < -0.3 is 10.1 Å². The summed E-state index contributed by atoms with van der Waals surface area (Å²) in [6.45, 7) is 4.23. The monoisotopic (exact) mass is 279 g/mol. The van der Waals surface area contributed by atoms with Gasteiger partial charge in [0.15, 0.2) is 0 Å². The average Bonchev–Trinajstić information content (AvgIpc) is 2.42. The summed E-state index contributed by atoms with van der Waals surface area (Å²) >= 11 is 2.01. The predicted octanol–water partition coefficient (Wildman–Crippen LogP) is 3.48. The van der Waals surface area contributed by atoms with Gasteiger partial charge in [0, 0.05) is 17.0 Å². The first-order valence-electron chi connectivity index (χ1n) is 6.69. The molecule has 0 spiro atoms. The molecule has 2 unspecified atom stereocenters. The van der Waals surface area contributed by atoms with E-state index in [0.717, 1.165) is 11.3 Å². The molecule has 4 heteroatoms. The third-order valence-corrected chi connectivity index (χ3v) is 5.07. The number of carbonyl (C=O) groups is 1. The van der Waals surface area contributed by atoms with E-state index in [1.54, 1.807) is 0 Å². The summed E-state index contributed by atoms with van der Waals surface area (Å²) in [5.41, 5.74) is 2.66. The maximum atomic E-state index is 11.7. The van der Waals surface area contributed by atoms with Crippen molar-refractivity contribution in [3.63, 3.8) is 0 Å². The molecule has 0 radical (unpaired) electrons. The summed E-state index contributed by atoms with van der Waals surface area (Å²) in [6, 6.07) is 6.23. The molecule has 1 aromatic rings. The van der Waals surface area contributed by atoms with Crippen molar-refractivity contribution in [1.29, 1.82) is 0 Å². The Morgan fingerprint density at radius 2 is 2.26 bits per heavy atom. The van der Waals surface area contributed by atoms with E-state index in [1.165, 1.54) is 25.7 Å². The number of esters is 1. The van der Waals surface area contributed by atoms with E-state index in [0.29, 0.717) is 16.9 Å². The highest BCUT2D eigenvalue weighted by atomic mass is 32.2. The predicted molar refractivity (Wildman–Crippen MR) is 81.1 cm³/mol. The zero-order valence-electron chi connectivity index (χ0n) is 11.7. The van der Waals surface area contributed by atoms with E-state index in [4.69, 9.17) is 4.74 Å². The molecule has 1 saturated heterocycles. The van der Waals surface area contributed by atoms with Crippen LogP contribution >= 0.6 is 11.8 Å². The molecule has 1 aliphatic heterocycles. The molecule has 0 aromatic heterocycles. The second-order valence-electron chi connectivity index (χ2n) is 4.94. The summed E-state index contributed by atoms with van der Waals surface area (Å²) in [6.07, 6.45) is 2.44. The summed E-state index contributed by atoms with van der Waals surface area (Å²) in [7, 11) is 1.42. The van der Waals surface area contributed by atoms with Gasteiger partial charge in [0.05, 0.1) is 12.7 Å². The molecule has 19 heavy (non-hydrogen) atoms. The van der Waals surface area contributed by atoms with E-state index in [2.05, 4.69) is 12.2 Å². The topological polar surface area (TPSA) is 38.3 Å². The van der Waals surface area contributed by atoms with E-state index in [1.807, 2.05) is 36.9 Å². The fraction of sp³-hybridized carbons (Fsp3) is 0.533. The first kappa shape index (κ1) is 14.3. The number of carbonyl (C=O) groups excluding carboxylic acids is 1. The molecule has 1 fully saturated rings. The van der Waals surface area contributed by atoms with Crippen LogP contribution in [0.3, 0.4) is 0 Å². The van der Waals surface area contributed by atoms with Crippen LogP contribution in [0.25, 0.3) is 0 Å². The van der Waals surface area contributed by atoms with Gasteiger partial charge in [-0.25, -0.2) is 4.79 Å². The SMILES string of the molecule is COC(=O)c1cccc(NC2CCCSC2C)c1C. The molecule has 0 aliphatic carbocycles. The van der Waals surface area contributed by atoms with E-state index in [9.17, 15) is 4.79 Å². The average molecular weight is 279 g/mol. The fourth-order valence-electron chi connectivity index (χ4n) is 2.44. The van der Waals surface area contributed by atoms with Crippen molar-refractivity contribution >= 4 is 23.4 Å². The third kappa shape index (κ3) is 3.24. The number of ether oxygens (including phenoxy) is 1. The Morgan fingerprint density at radius 1 is 1.47 bits per heavy atom. The van der Waals surface area contributed by atoms with Gasteiger partial charge in [-0.2, -0.15) is 11.8 Å². The van der Waals surface area contributed by atoms with Crippen LogP contribution in [0.15, 0.2) is 18.2 Å². The molecule has 2 rings (SSSR count). The molecule has 1 heterocycles. The van der Waals surface area contributed by atoms with Gasteiger partial charge in [0.25, 0.3) is 0 Å². The lowest BCUT2D eigenvalue weighted by atomic mass is 10.0. The Hall–Kier alpha value is -1.16. The van der Waals surface area contributed by atoms with Gasteiger partial charge in [-0.15, -0.1) is 0 Å². The quantitative estimate of drug-likeness (QED) is 0.860. The lowest BCUT2D eigenvalue weighted by Gasteiger charge is -2.30. The molecule has 2 atom stereocenters. The van der Waals surface area contributed by atoms with Crippen LogP contribution in [0, 0.1) is 6.92 Å². The summed E-state index contributed by atoms with van der Waals surface area (Å²) in [5, 5.41) is 4.20. The van der Waals surface area contributed by atoms with Gasteiger partial charge in [-0.05, 0) is 43.2 Å². The number of methoxy groups -OCH3 is 1. The Kier molecular flexibility index (Phi) is 4.75. The van der Waals surface area contributed by atoms with Crippen molar-refractivity contribution in [3.8, 4) is 0 Å². The molecule has 0 saturated carbocycles. The molecule has 1 aromatic carbocycles. The van der Waals surface area contributed by atoms with Crippen LogP contribution in [-0.2, 0) is 4.74 Å². The summed E-state index contributed by atoms with van der Waals surface area (Å²) < 4.78 is 4.81. The summed E-state index contributed by atoms with van der Waals surface area (Å²) in [5.74, 6) is 0.979. The Balaban J connectivity index is 2.18. The number of hydrogen-bond donors (Lipinski definition) is 1. The van der Waals surface area contributed by atoms with Crippen LogP contribution in [0.4, 0.5) is 5.69 Å². The number of thioether (sulfide) groups is 1. The molecule has 1 N–H and O–H groups in total. The van der Waals surface area contributed by atoms with Gasteiger partial charge in [0.2, 0.25) is 0 Å². The lowest BCUT2D eigenvalue weighted by Crippen LogP contribution is -2.33. The lowest BCUT2D eigenvalue weighted by molar-refractivity contribution is 0.0600. The Bertz CT molecular complexity index is 461. The van der Waals surface area contributed by atoms with Crippen LogP contribution < -0.4 is 5.32 Å². The number of nitrogens with one attached hydrogen (secondary N) is 1. The minimum Gasteiger partial charge on any atom is -0.465 e. The van der Waals surface area contributed by atoms with Crippen LogP contribution in [0.2, 0.25) is 0 Å². The van der Waals surface area contributed by atoms with Crippen molar-refractivity contribution in [3.05, 3.63) is 29.3 Å². The fourth-order valence-corrected chi connectivity index (χ4v) is 3.58. The van der Waals surface area contributed by atoms with E-state index < -0.39 is 0 Å². The number of anilines is 1. The molecular weight excluding hydrogens is 258 g/mol. The Labute approximate surface area is 119 Å². The third-order valence-electron chi connectivity index (χ3n) is 3.69. The highest BCUT2D eigenvalue weighted by molar-refractivity contribution is 8.00. The molecule has 104 valence electrons. The maximum absolute atomic E-state index is 11.7. The minimum atomic E-state index is -0.271. The van der Waals surface area contributed by atoms with Crippen molar-refractivity contribution in [2.45, 2.75) is 38.0 Å². The zero-order valence-corrected chi connectivity index (χ0v) is 12.5. The molecule has 0 amide bonds. The van der Waals surface area contributed by atoms with Crippen LogP contribution in [0.5, 0.6) is 0 Å². The number of benzene rings is 1. The first-order chi connectivity index (χ1) is 9.13. The van der Waals surface area contributed by atoms with E-state index in [-0.39, 0.29) is 5.97 Å².